The average molecular weight is 329 g/mol. The summed E-state index contributed by atoms with van der Waals surface area (Å²) < 4.78 is 3.06. The molecule has 0 aliphatic rings. The zero-order chi connectivity index (χ0) is 13.0. The molecule has 1 aromatic heterocycles. The fraction of sp³-hybridized carbons (Fsp3) is 0.308. The molecule has 0 spiro atoms. The Morgan fingerprint density at radius 3 is 3.00 bits per heavy atom. The predicted octanol–water partition coefficient (Wildman–Crippen LogP) is 4.32. The van der Waals surface area contributed by atoms with Gasteiger partial charge in [-0.25, -0.2) is 4.98 Å². The minimum atomic E-state index is 0.719. The molecule has 18 heavy (non-hydrogen) atoms. The Morgan fingerprint density at radius 2 is 2.28 bits per heavy atom. The van der Waals surface area contributed by atoms with Gasteiger partial charge < -0.3 is 9.88 Å². The summed E-state index contributed by atoms with van der Waals surface area (Å²) >= 11 is 9.37. The summed E-state index contributed by atoms with van der Waals surface area (Å²) in [5.74, 6) is 0. The van der Waals surface area contributed by atoms with Gasteiger partial charge in [-0.05, 0) is 40.5 Å². The number of nitrogens with zero attached hydrogens (tertiary/aromatic N) is 2. The van der Waals surface area contributed by atoms with Gasteiger partial charge in [0, 0.05) is 22.9 Å². The van der Waals surface area contributed by atoms with Crippen LogP contribution in [0.1, 0.15) is 19.0 Å². The van der Waals surface area contributed by atoms with Gasteiger partial charge in [0.05, 0.1) is 23.6 Å². The topological polar surface area (TPSA) is 29.9 Å². The normalized spacial score (nSPS) is 10.6. The van der Waals surface area contributed by atoms with Crippen LogP contribution in [0.2, 0.25) is 5.02 Å². The van der Waals surface area contributed by atoms with Crippen molar-refractivity contribution >= 4 is 33.2 Å². The number of aromatic nitrogens is 2. The third-order valence-corrected chi connectivity index (χ3v) is 3.87. The number of rotatable bonds is 5. The highest BCUT2D eigenvalue weighted by atomic mass is 79.9. The van der Waals surface area contributed by atoms with Crippen molar-refractivity contribution in [2.45, 2.75) is 26.4 Å². The Hall–Kier alpha value is -1.000. The van der Waals surface area contributed by atoms with Crippen molar-refractivity contribution in [1.29, 1.82) is 0 Å². The van der Waals surface area contributed by atoms with Crippen molar-refractivity contribution in [3.8, 4) is 0 Å². The number of aryl methyl sites for hydroxylation is 1. The summed E-state index contributed by atoms with van der Waals surface area (Å²) in [5.41, 5.74) is 2.22. The summed E-state index contributed by atoms with van der Waals surface area (Å²) in [5, 5.41) is 4.08. The van der Waals surface area contributed by atoms with Gasteiger partial charge in [-0.1, -0.05) is 18.5 Å². The van der Waals surface area contributed by atoms with E-state index in [-0.39, 0.29) is 0 Å². The fourth-order valence-corrected chi connectivity index (χ4v) is 2.23. The number of hydrogen-bond donors (Lipinski definition) is 1. The average Bonchev–Trinajstić information content (AvgIpc) is 2.79. The molecule has 0 aliphatic heterocycles. The lowest BCUT2D eigenvalue weighted by atomic mass is 10.3. The van der Waals surface area contributed by atoms with Gasteiger partial charge in [0.2, 0.25) is 0 Å². The maximum atomic E-state index is 5.96. The maximum absolute atomic E-state index is 5.96. The quantitative estimate of drug-likeness (QED) is 0.886. The van der Waals surface area contributed by atoms with Crippen LogP contribution in [-0.2, 0) is 13.1 Å². The molecular weight excluding hydrogens is 314 g/mol. The van der Waals surface area contributed by atoms with Crippen LogP contribution in [0.4, 0.5) is 5.69 Å². The minimum Gasteiger partial charge on any atom is -0.379 e. The van der Waals surface area contributed by atoms with Crippen LogP contribution in [0.5, 0.6) is 0 Å². The Kier molecular flexibility index (Phi) is 4.66. The molecular formula is C13H15BrClN3. The van der Waals surface area contributed by atoms with Gasteiger partial charge in [0.1, 0.15) is 0 Å². The number of benzene rings is 1. The molecule has 1 aromatic carbocycles. The summed E-state index contributed by atoms with van der Waals surface area (Å²) in [6, 6.07) is 5.81. The molecule has 0 aliphatic carbocycles. The number of halogens is 2. The van der Waals surface area contributed by atoms with Crippen molar-refractivity contribution in [2.75, 3.05) is 5.32 Å². The van der Waals surface area contributed by atoms with Gasteiger partial charge >= 0.3 is 0 Å². The van der Waals surface area contributed by atoms with Crippen LogP contribution in [0.25, 0.3) is 0 Å². The van der Waals surface area contributed by atoms with Crippen LogP contribution in [0, 0.1) is 0 Å². The van der Waals surface area contributed by atoms with Crippen LogP contribution < -0.4 is 5.32 Å². The molecule has 0 bridgehead atoms. The van der Waals surface area contributed by atoms with E-state index in [1.165, 1.54) is 5.69 Å². The van der Waals surface area contributed by atoms with Gasteiger partial charge in [0.15, 0.2) is 0 Å². The molecule has 0 fully saturated rings. The molecule has 1 heterocycles. The Morgan fingerprint density at radius 1 is 1.44 bits per heavy atom. The summed E-state index contributed by atoms with van der Waals surface area (Å²) in [6.07, 6.45) is 4.88. The second kappa shape index (κ2) is 6.25. The van der Waals surface area contributed by atoms with Gasteiger partial charge in [-0.2, -0.15) is 0 Å². The number of anilines is 1. The molecule has 0 unspecified atom stereocenters. The fourth-order valence-electron chi connectivity index (χ4n) is 1.74. The van der Waals surface area contributed by atoms with E-state index in [9.17, 15) is 0 Å². The molecule has 0 atom stereocenters. The highest BCUT2D eigenvalue weighted by molar-refractivity contribution is 9.10. The van der Waals surface area contributed by atoms with Crippen LogP contribution in [0.15, 0.2) is 35.2 Å². The SMILES string of the molecule is CCCn1cncc1CNc1ccc(Cl)c(Br)c1. The summed E-state index contributed by atoms with van der Waals surface area (Å²) in [7, 11) is 0. The molecule has 2 rings (SSSR count). The first kappa shape index (κ1) is 13.4. The molecule has 3 nitrogen and oxygen atoms in total. The van der Waals surface area contributed by atoms with E-state index >= 15 is 0 Å². The summed E-state index contributed by atoms with van der Waals surface area (Å²) in [4.78, 5) is 4.18. The number of imidazole rings is 1. The van der Waals surface area contributed by atoms with Gasteiger partial charge in [-0.15, -0.1) is 0 Å². The smallest absolute Gasteiger partial charge is 0.0948 e. The zero-order valence-corrected chi connectivity index (χ0v) is 12.5. The summed E-state index contributed by atoms with van der Waals surface area (Å²) in [6.45, 7) is 3.92. The molecule has 96 valence electrons. The highest BCUT2D eigenvalue weighted by Crippen LogP contribution is 2.25. The van der Waals surface area contributed by atoms with Crippen LogP contribution in [-0.4, -0.2) is 9.55 Å². The minimum absolute atomic E-state index is 0.719. The molecule has 0 saturated carbocycles. The van der Waals surface area contributed by atoms with E-state index in [2.05, 4.69) is 37.7 Å². The van der Waals surface area contributed by atoms with Gasteiger partial charge in [0.25, 0.3) is 0 Å². The predicted molar refractivity (Wildman–Crippen MR) is 79.0 cm³/mol. The Bertz CT molecular complexity index is 525. The first-order valence-corrected chi connectivity index (χ1v) is 7.05. The first-order valence-electron chi connectivity index (χ1n) is 5.88. The van der Waals surface area contributed by atoms with Crippen molar-refractivity contribution in [2.24, 2.45) is 0 Å². The first-order chi connectivity index (χ1) is 8.70. The van der Waals surface area contributed by atoms with Crippen molar-refractivity contribution in [1.82, 2.24) is 9.55 Å². The molecule has 5 heteroatoms. The number of nitrogens with one attached hydrogen (secondary N) is 1. The molecule has 0 radical (unpaired) electrons. The van der Waals surface area contributed by atoms with Crippen molar-refractivity contribution in [3.05, 3.63) is 45.9 Å². The largest absolute Gasteiger partial charge is 0.379 e. The third kappa shape index (κ3) is 3.27. The number of hydrogen-bond acceptors (Lipinski definition) is 2. The standard InChI is InChI=1S/C13H15BrClN3/c1-2-5-18-9-16-7-11(18)8-17-10-3-4-13(15)12(14)6-10/h3-4,6-7,9,17H,2,5,8H2,1H3. The molecule has 1 N–H and O–H groups in total. The molecule has 0 saturated heterocycles. The van der Waals surface area contributed by atoms with Crippen LogP contribution in [0.3, 0.4) is 0 Å². The van der Waals surface area contributed by atoms with E-state index < -0.39 is 0 Å². The monoisotopic (exact) mass is 327 g/mol. The molecule has 2 aromatic rings. The zero-order valence-electron chi connectivity index (χ0n) is 10.2. The maximum Gasteiger partial charge on any atom is 0.0948 e. The van der Waals surface area contributed by atoms with Crippen molar-refractivity contribution in [3.63, 3.8) is 0 Å². The lowest BCUT2D eigenvalue weighted by molar-refractivity contribution is 0.651. The second-order valence-electron chi connectivity index (χ2n) is 4.06. The van der Waals surface area contributed by atoms with E-state index in [1.54, 1.807) is 0 Å². The lowest BCUT2D eigenvalue weighted by Crippen LogP contribution is -2.06. The Balaban J connectivity index is 2.02. The Labute approximate surface area is 120 Å². The van der Waals surface area contributed by atoms with Crippen LogP contribution >= 0.6 is 27.5 Å². The third-order valence-electron chi connectivity index (χ3n) is 2.66. The second-order valence-corrected chi connectivity index (χ2v) is 5.32. The highest BCUT2D eigenvalue weighted by Gasteiger charge is 2.02. The van der Waals surface area contributed by atoms with E-state index in [1.807, 2.05) is 30.7 Å². The lowest BCUT2D eigenvalue weighted by Gasteiger charge is -2.09. The van der Waals surface area contributed by atoms with E-state index in [0.29, 0.717) is 0 Å². The van der Waals surface area contributed by atoms with E-state index in [0.717, 1.165) is 34.7 Å². The van der Waals surface area contributed by atoms with E-state index in [4.69, 9.17) is 11.6 Å². The van der Waals surface area contributed by atoms with Gasteiger partial charge in [-0.3, -0.25) is 0 Å². The molecule has 0 amide bonds. The van der Waals surface area contributed by atoms with Crippen molar-refractivity contribution < 1.29 is 0 Å².